The Balaban J connectivity index is 1.87. The Morgan fingerprint density at radius 2 is 1.44 bits per heavy atom. The van der Waals surface area contributed by atoms with Crippen molar-refractivity contribution in [1.82, 2.24) is 0 Å². The molecular formula is C20H17Br2NO2. The summed E-state index contributed by atoms with van der Waals surface area (Å²) in [6, 6.07) is 9.26. The van der Waals surface area contributed by atoms with Crippen LogP contribution in [-0.4, -0.2) is 17.6 Å². The molecule has 5 heteroatoms. The zero-order valence-electron chi connectivity index (χ0n) is 13.6. The molecule has 0 atom stereocenters. The van der Waals surface area contributed by atoms with Gasteiger partial charge in [0.05, 0.1) is 16.8 Å². The van der Waals surface area contributed by atoms with Crippen LogP contribution in [0.2, 0.25) is 0 Å². The summed E-state index contributed by atoms with van der Waals surface area (Å²) < 4.78 is 1.46. The minimum absolute atomic E-state index is 0.0921. The standard InChI is InChI=1S/C20H17Br2NO2/c21-14-10-15(22)18(23-11-6-2-1-3-7-11)17-16(14)19(24)12-8-4-5-9-13(12)20(17)25/h4-5,8-11,23H,1-3,6-7H2. The molecule has 0 aliphatic heterocycles. The van der Waals surface area contributed by atoms with Gasteiger partial charge in [-0.05, 0) is 50.8 Å². The molecule has 0 spiro atoms. The molecule has 0 heterocycles. The third kappa shape index (κ3) is 2.87. The van der Waals surface area contributed by atoms with Crippen LogP contribution in [0.3, 0.4) is 0 Å². The van der Waals surface area contributed by atoms with Gasteiger partial charge in [0.25, 0.3) is 0 Å². The molecule has 1 N–H and O–H groups in total. The molecule has 0 saturated heterocycles. The average molecular weight is 463 g/mol. The molecule has 2 aromatic carbocycles. The largest absolute Gasteiger partial charge is 0.381 e. The number of halogens is 2. The van der Waals surface area contributed by atoms with Crippen LogP contribution < -0.4 is 5.32 Å². The zero-order chi connectivity index (χ0) is 17.6. The molecule has 3 nitrogen and oxygen atoms in total. The van der Waals surface area contributed by atoms with Crippen molar-refractivity contribution in [2.75, 3.05) is 5.32 Å². The number of carbonyl (C=O) groups excluding carboxylic acids is 2. The molecule has 0 amide bonds. The summed E-state index contributed by atoms with van der Waals surface area (Å²) in [5.41, 5.74) is 2.65. The van der Waals surface area contributed by atoms with Crippen LogP contribution >= 0.6 is 31.9 Å². The van der Waals surface area contributed by atoms with Crippen LogP contribution in [0.25, 0.3) is 0 Å². The van der Waals surface area contributed by atoms with Crippen LogP contribution in [0.5, 0.6) is 0 Å². The zero-order valence-corrected chi connectivity index (χ0v) is 16.7. The molecule has 0 unspecified atom stereocenters. The molecule has 2 aromatic rings. The summed E-state index contributed by atoms with van der Waals surface area (Å²) in [7, 11) is 0. The van der Waals surface area contributed by atoms with Gasteiger partial charge in [-0.3, -0.25) is 9.59 Å². The molecule has 2 aliphatic rings. The number of nitrogens with one attached hydrogen (secondary N) is 1. The summed E-state index contributed by atoms with van der Waals surface area (Å²) in [4.78, 5) is 26.2. The lowest BCUT2D eigenvalue weighted by Gasteiger charge is -2.28. The fraction of sp³-hybridized carbons (Fsp3) is 0.300. The van der Waals surface area contributed by atoms with Crippen molar-refractivity contribution in [3.8, 4) is 0 Å². The molecule has 25 heavy (non-hydrogen) atoms. The Bertz CT molecular complexity index is 886. The maximum absolute atomic E-state index is 13.2. The van der Waals surface area contributed by atoms with Gasteiger partial charge in [0, 0.05) is 26.1 Å². The fourth-order valence-electron chi connectivity index (χ4n) is 3.81. The quantitative estimate of drug-likeness (QED) is 0.528. The lowest BCUT2D eigenvalue weighted by Crippen LogP contribution is -2.27. The molecule has 2 aliphatic carbocycles. The van der Waals surface area contributed by atoms with E-state index in [1.54, 1.807) is 24.3 Å². The topological polar surface area (TPSA) is 46.2 Å². The van der Waals surface area contributed by atoms with E-state index in [4.69, 9.17) is 0 Å². The second kappa shape index (κ2) is 6.69. The molecule has 4 rings (SSSR count). The maximum Gasteiger partial charge on any atom is 0.196 e. The van der Waals surface area contributed by atoms with Crippen molar-refractivity contribution < 1.29 is 9.59 Å². The van der Waals surface area contributed by atoms with Crippen LogP contribution in [0.15, 0.2) is 39.3 Å². The highest BCUT2D eigenvalue weighted by Crippen LogP contribution is 2.41. The molecular weight excluding hydrogens is 446 g/mol. The van der Waals surface area contributed by atoms with E-state index in [0.29, 0.717) is 32.8 Å². The number of carbonyl (C=O) groups is 2. The summed E-state index contributed by atoms with van der Waals surface area (Å²) in [6.45, 7) is 0. The minimum Gasteiger partial charge on any atom is -0.381 e. The van der Waals surface area contributed by atoms with Crippen LogP contribution in [0, 0.1) is 0 Å². The molecule has 0 aromatic heterocycles. The van der Waals surface area contributed by atoms with Crippen molar-refractivity contribution in [3.05, 3.63) is 61.5 Å². The van der Waals surface area contributed by atoms with Crippen LogP contribution in [0.1, 0.15) is 63.9 Å². The predicted octanol–water partition coefficient (Wildman–Crippen LogP) is 5.73. The van der Waals surface area contributed by atoms with E-state index in [2.05, 4.69) is 37.2 Å². The summed E-state index contributed by atoms with van der Waals surface area (Å²) in [6.07, 6.45) is 5.85. The maximum atomic E-state index is 13.2. The monoisotopic (exact) mass is 461 g/mol. The SMILES string of the molecule is O=C1c2ccccc2C(=O)c2c(NC3CCCCC3)c(Br)cc(Br)c21. The summed E-state index contributed by atoms with van der Waals surface area (Å²) >= 11 is 7.07. The molecule has 1 saturated carbocycles. The summed E-state index contributed by atoms with van der Waals surface area (Å²) in [5.74, 6) is -0.193. The minimum atomic E-state index is -0.101. The van der Waals surface area contributed by atoms with Gasteiger partial charge in [-0.2, -0.15) is 0 Å². The lowest BCUT2D eigenvalue weighted by molar-refractivity contribution is 0.0979. The van der Waals surface area contributed by atoms with E-state index in [1.165, 1.54) is 19.3 Å². The van der Waals surface area contributed by atoms with Gasteiger partial charge in [0.15, 0.2) is 11.6 Å². The number of hydrogen-bond donors (Lipinski definition) is 1. The first-order valence-corrected chi connectivity index (χ1v) is 10.1. The van der Waals surface area contributed by atoms with Crippen molar-refractivity contribution in [3.63, 3.8) is 0 Å². The van der Waals surface area contributed by atoms with E-state index in [1.807, 2.05) is 6.07 Å². The second-order valence-corrected chi connectivity index (χ2v) is 8.36. The van der Waals surface area contributed by atoms with Gasteiger partial charge in [0.1, 0.15) is 0 Å². The second-order valence-electron chi connectivity index (χ2n) is 6.65. The van der Waals surface area contributed by atoms with Gasteiger partial charge < -0.3 is 5.32 Å². The predicted molar refractivity (Wildman–Crippen MR) is 106 cm³/mol. The van der Waals surface area contributed by atoms with Crippen molar-refractivity contribution in [2.45, 2.75) is 38.1 Å². The number of anilines is 1. The Labute approximate surface area is 163 Å². The van der Waals surface area contributed by atoms with E-state index in [0.717, 1.165) is 23.0 Å². The first kappa shape index (κ1) is 17.0. The number of hydrogen-bond acceptors (Lipinski definition) is 3. The van der Waals surface area contributed by atoms with E-state index < -0.39 is 0 Å². The highest BCUT2D eigenvalue weighted by atomic mass is 79.9. The smallest absolute Gasteiger partial charge is 0.196 e. The Morgan fingerprint density at radius 1 is 0.840 bits per heavy atom. The van der Waals surface area contributed by atoms with Gasteiger partial charge in [-0.1, -0.05) is 43.5 Å². The van der Waals surface area contributed by atoms with Gasteiger partial charge in [-0.15, -0.1) is 0 Å². The Hall–Kier alpha value is -1.46. The number of fused-ring (bicyclic) bond motifs is 2. The van der Waals surface area contributed by atoms with E-state index in [-0.39, 0.29) is 11.6 Å². The Morgan fingerprint density at radius 3 is 2.08 bits per heavy atom. The third-order valence-electron chi connectivity index (χ3n) is 5.06. The first-order chi connectivity index (χ1) is 12.1. The highest BCUT2D eigenvalue weighted by molar-refractivity contribution is 9.11. The first-order valence-electron chi connectivity index (χ1n) is 8.55. The number of rotatable bonds is 2. The Kier molecular flexibility index (Phi) is 4.54. The molecule has 0 bridgehead atoms. The average Bonchev–Trinajstić information content (AvgIpc) is 2.62. The number of benzene rings is 2. The van der Waals surface area contributed by atoms with E-state index in [9.17, 15) is 9.59 Å². The van der Waals surface area contributed by atoms with Crippen LogP contribution in [-0.2, 0) is 0 Å². The highest BCUT2D eigenvalue weighted by Gasteiger charge is 2.35. The third-order valence-corrected chi connectivity index (χ3v) is 6.31. The fourth-order valence-corrected chi connectivity index (χ4v) is 5.27. The van der Waals surface area contributed by atoms with Gasteiger partial charge in [-0.25, -0.2) is 0 Å². The lowest BCUT2D eigenvalue weighted by atomic mass is 9.83. The van der Waals surface area contributed by atoms with Gasteiger partial charge >= 0.3 is 0 Å². The summed E-state index contributed by atoms with van der Waals surface area (Å²) in [5, 5.41) is 3.55. The van der Waals surface area contributed by atoms with Crippen LogP contribution in [0.4, 0.5) is 5.69 Å². The van der Waals surface area contributed by atoms with Gasteiger partial charge in [0.2, 0.25) is 0 Å². The molecule has 0 radical (unpaired) electrons. The van der Waals surface area contributed by atoms with Crippen molar-refractivity contribution in [2.24, 2.45) is 0 Å². The van der Waals surface area contributed by atoms with Crippen molar-refractivity contribution in [1.29, 1.82) is 0 Å². The molecule has 128 valence electrons. The van der Waals surface area contributed by atoms with E-state index >= 15 is 0 Å². The van der Waals surface area contributed by atoms with Crippen molar-refractivity contribution >= 4 is 49.1 Å². The normalized spacial score (nSPS) is 17.2. The molecule has 1 fully saturated rings. The number of ketones is 2.